The van der Waals surface area contributed by atoms with Crippen molar-refractivity contribution < 1.29 is 18.7 Å². The average molecular weight is 251 g/mol. The Balaban J connectivity index is 4.26. The second-order valence-electron chi connectivity index (χ2n) is 2.53. The van der Waals surface area contributed by atoms with E-state index in [0.29, 0.717) is 0 Å². The molecule has 0 aliphatic heterocycles. The average Bonchev–Trinajstić information content (AvgIpc) is 1.99. The summed E-state index contributed by atoms with van der Waals surface area (Å²) in [6, 6.07) is 0. The van der Waals surface area contributed by atoms with Gasteiger partial charge in [-0.2, -0.15) is 0 Å². The van der Waals surface area contributed by atoms with Crippen molar-refractivity contribution in [2.24, 2.45) is 0 Å². The van der Waals surface area contributed by atoms with Gasteiger partial charge in [-0.25, -0.2) is 0 Å². The van der Waals surface area contributed by atoms with Gasteiger partial charge >= 0.3 is 7.60 Å². The van der Waals surface area contributed by atoms with Gasteiger partial charge in [0.25, 0.3) is 0 Å². The summed E-state index contributed by atoms with van der Waals surface area (Å²) in [5, 5.41) is 8.46. The number of aliphatic hydroxyl groups is 1. The van der Waals surface area contributed by atoms with Gasteiger partial charge in [-0.15, -0.1) is 0 Å². The highest BCUT2D eigenvalue weighted by atomic mass is 35.5. The fraction of sp³-hybridized carbons (Fsp3) is 1.00. The van der Waals surface area contributed by atoms with Crippen molar-refractivity contribution in [2.75, 3.05) is 13.2 Å². The van der Waals surface area contributed by atoms with Crippen LogP contribution in [0.2, 0.25) is 0 Å². The lowest BCUT2D eigenvalue weighted by atomic mass is 10.5. The van der Waals surface area contributed by atoms with Crippen molar-refractivity contribution >= 4 is 30.8 Å². The molecule has 0 aliphatic rings. The van der Waals surface area contributed by atoms with Crippen molar-refractivity contribution in [3.05, 3.63) is 0 Å². The maximum Gasteiger partial charge on any atom is 0.363 e. The molecule has 0 saturated heterocycles. The number of halogens is 2. The number of hydrogen-bond acceptors (Lipinski definition) is 4. The Morgan fingerprint density at radius 3 is 2.31 bits per heavy atom. The largest absolute Gasteiger partial charge is 0.394 e. The molecule has 0 fully saturated rings. The van der Waals surface area contributed by atoms with Crippen molar-refractivity contribution in [3.8, 4) is 0 Å². The monoisotopic (exact) mass is 250 g/mol. The molecule has 80 valence electrons. The Bertz CT molecular complexity index is 185. The van der Waals surface area contributed by atoms with Crippen LogP contribution in [0.3, 0.4) is 0 Å². The minimum atomic E-state index is -3.49. The van der Waals surface area contributed by atoms with Crippen LogP contribution in [0.5, 0.6) is 0 Å². The molecular formula is C6H13Cl2O4P. The molecule has 0 rings (SSSR count). The number of hydrogen-bond donors (Lipinski definition) is 1. The zero-order chi connectivity index (χ0) is 10.5. The molecule has 0 spiro atoms. The summed E-state index contributed by atoms with van der Waals surface area (Å²) in [6.45, 7) is 3.00. The lowest BCUT2D eigenvalue weighted by Crippen LogP contribution is -2.09. The van der Waals surface area contributed by atoms with Gasteiger partial charge in [-0.05, 0) is 13.8 Å². The van der Waals surface area contributed by atoms with Gasteiger partial charge < -0.3 is 14.2 Å². The second kappa shape index (κ2) is 6.23. The first-order chi connectivity index (χ1) is 5.92. The quantitative estimate of drug-likeness (QED) is 0.581. The van der Waals surface area contributed by atoms with E-state index in [4.69, 9.17) is 37.4 Å². The van der Waals surface area contributed by atoms with E-state index in [1.165, 1.54) is 0 Å². The highest BCUT2D eigenvalue weighted by Gasteiger charge is 2.34. The van der Waals surface area contributed by atoms with E-state index in [2.05, 4.69) is 0 Å². The van der Waals surface area contributed by atoms with Crippen LogP contribution < -0.4 is 0 Å². The zero-order valence-electron chi connectivity index (χ0n) is 7.44. The Hall–Kier alpha value is 0.690. The van der Waals surface area contributed by atoms with E-state index in [1.807, 2.05) is 0 Å². The minimum absolute atomic E-state index is 0.111. The number of alkyl halides is 2. The van der Waals surface area contributed by atoms with Crippen LogP contribution in [0.15, 0.2) is 0 Å². The fourth-order valence-electron chi connectivity index (χ4n) is 0.595. The molecule has 0 saturated carbocycles. The van der Waals surface area contributed by atoms with Crippen LogP contribution in [0.4, 0.5) is 0 Å². The van der Waals surface area contributed by atoms with Crippen LogP contribution in [0, 0.1) is 0 Å². The molecule has 1 N–H and O–H groups in total. The van der Waals surface area contributed by atoms with Crippen LogP contribution in [-0.4, -0.2) is 29.0 Å². The summed E-state index contributed by atoms with van der Waals surface area (Å²) >= 11 is 10.9. The van der Waals surface area contributed by atoms with Crippen molar-refractivity contribution in [1.82, 2.24) is 0 Å². The fourth-order valence-corrected chi connectivity index (χ4v) is 2.40. The highest BCUT2D eigenvalue weighted by Crippen LogP contribution is 2.57. The summed E-state index contributed by atoms with van der Waals surface area (Å²) in [6.07, 6.45) is -0.301. The normalized spacial score (nSPS) is 16.5. The van der Waals surface area contributed by atoms with Crippen LogP contribution in [0.1, 0.15) is 13.8 Å². The molecule has 1 atom stereocenters. The van der Waals surface area contributed by atoms with Crippen molar-refractivity contribution in [1.29, 1.82) is 0 Å². The molecule has 0 bridgehead atoms. The molecule has 0 radical (unpaired) electrons. The molecule has 1 unspecified atom stereocenters. The van der Waals surface area contributed by atoms with Gasteiger partial charge in [-0.1, -0.05) is 23.2 Å². The van der Waals surface area contributed by atoms with Crippen LogP contribution >= 0.6 is 30.8 Å². The summed E-state index contributed by atoms with van der Waals surface area (Å²) in [5.74, 6) is 0. The lowest BCUT2D eigenvalue weighted by Gasteiger charge is -2.20. The van der Waals surface area contributed by atoms with E-state index in [9.17, 15) is 4.57 Å². The predicted molar refractivity (Wildman–Crippen MR) is 52.4 cm³/mol. The van der Waals surface area contributed by atoms with E-state index in [1.54, 1.807) is 13.8 Å². The van der Waals surface area contributed by atoms with Crippen molar-refractivity contribution in [3.63, 3.8) is 0 Å². The van der Waals surface area contributed by atoms with Gasteiger partial charge in [0, 0.05) is 0 Å². The zero-order valence-corrected chi connectivity index (χ0v) is 9.85. The Kier molecular flexibility index (Phi) is 6.56. The molecule has 0 aromatic carbocycles. The molecule has 4 nitrogen and oxygen atoms in total. The maximum atomic E-state index is 11.7. The van der Waals surface area contributed by atoms with Gasteiger partial charge in [-0.3, -0.25) is 4.57 Å². The molecule has 0 aliphatic carbocycles. The Morgan fingerprint density at radius 2 is 2.00 bits per heavy atom. The molecule has 0 amide bonds. The van der Waals surface area contributed by atoms with Gasteiger partial charge in [0.2, 0.25) is 4.58 Å². The summed E-state index contributed by atoms with van der Waals surface area (Å²) in [5.41, 5.74) is 0. The van der Waals surface area contributed by atoms with E-state index in [-0.39, 0.29) is 19.3 Å². The third kappa shape index (κ3) is 5.21. The molecule has 0 aromatic heterocycles. The lowest BCUT2D eigenvalue weighted by molar-refractivity contribution is 0.142. The summed E-state index contributed by atoms with van der Waals surface area (Å²) in [7, 11) is -3.49. The predicted octanol–water partition coefficient (Wildman–Crippen LogP) is 2.37. The van der Waals surface area contributed by atoms with Crippen molar-refractivity contribution in [2.45, 2.75) is 24.5 Å². The summed E-state index contributed by atoms with van der Waals surface area (Å²) in [4.78, 5) is 0. The first kappa shape index (κ1) is 13.7. The van der Waals surface area contributed by atoms with Gasteiger partial charge in [0.15, 0.2) is 0 Å². The standard InChI is InChI=1S/C6H13Cl2O4P/c1-5(2)12-13(10,6(7)8)11-4-3-9/h5-6,9H,3-4H2,1-2H3. The van der Waals surface area contributed by atoms with Gasteiger partial charge in [0.1, 0.15) is 0 Å². The molecule has 7 heteroatoms. The van der Waals surface area contributed by atoms with Crippen LogP contribution in [-0.2, 0) is 13.6 Å². The Labute approximate surface area is 87.7 Å². The molecular weight excluding hydrogens is 238 g/mol. The van der Waals surface area contributed by atoms with E-state index < -0.39 is 12.2 Å². The van der Waals surface area contributed by atoms with Crippen LogP contribution in [0.25, 0.3) is 0 Å². The van der Waals surface area contributed by atoms with E-state index in [0.717, 1.165) is 0 Å². The van der Waals surface area contributed by atoms with E-state index >= 15 is 0 Å². The molecule has 0 aromatic rings. The van der Waals surface area contributed by atoms with Gasteiger partial charge in [0.05, 0.1) is 19.3 Å². The topological polar surface area (TPSA) is 55.8 Å². The SMILES string of the molecule is CC(C)OP(=O)(OCCO)C(Cl)Cl. The summed E-state index contributed by atoms with van der Waals surface area (Å²) < 4.78 is 20.2. The number of rotatable bonds is 6. The third-order valence-corrected chi connectivity index (χ3v) is 4.13. The molecule has 0 heterocycles. The number of aliphatic hydroxyl groups excluding tert-OH is 1. The molecule has 13 heavy (non-hydrogen) atoms. The third-order valence-electron chi connectivity index (χ3n) is 0.959. The minimum Gasteiger partial charge on any atom is -0.394 e. The second-order valence-corrected chi connectivity index (χ2v) is 6.30. The Morgan fingerprint density at radius 1 is 1.46 bits per heavy atom. The first-order valence-electron chi connectivity index (χ1n) is 3.74. The first-order valence-corrected chi connectivity index (χ1v) is 6.22. The highest BCUT2D eigenvalue weighted by molar-refractivity contribution is 7.58. The maximum absolute atomic E-state index is 11.7. The smallest absolute Gasteiger partial charge is 0.363 e.